The molecule has 3 nitrogen and oxygen atoms in total. The molecule has 0 spiro atoms. The smallest absolute Gasteiger partial charge is 0.161 e. The van der Waals surface area contributed by atoms with Gasteiger partial charge in [-0.2, -0.15) is 0 Å². The van der Waals surface area contributed by atoms with Crippen LogP contribution in [0.15, 0.2) is 18.2 Å². The zero-order valence-electron chi connectivity index (χ0n) is 12.8. The molecule has 0 aliphatic carbocycles. The highest BCUT2D eigenvalue weighted by molar-refractivity contribution is 5.42. The highest BCUT2D eigenvalue weighted by Gasteiger charge is 2.08. The number of rotatable bonds is 8. The van der Waals surface area contributed by atoms with Gasteiger partial charge in [-0.25, -0.2) is 0 Å². The molecule has 1 N–H and O–H groups in total. The second-order valence-electron chi connectivity index (χ2n) is 5.22. The molecule has 1 aromatic carbocycles. The van der Waals surface area contributed by atoms with Gasteiger partial charge in [-0.3, -0.25) is 0 Å². The van der Waals surface area contributed by atoms with Crippen molar-refractivity contribution in [3.63, 3.8) is 0 Å². The largest absolute Gasteiger partial charge is 0.493 e. The summed E-state index contributed by atoms with van der Waals surface area (Å²) in [6.07, 6.45) is 2.45. The summed E-state index contributed by atoms with van der Waals surface area (Å²) < 4.78 is 10.6. The van der Waals surface area contributed by atoms with Crippen molar-refractivity contribution in [2.45, 2.75) is 46.2 Å². The third-order valence-electron chi connectivity index (χ3n) is 3.56. The number of ether oxygens (including phenoxy) is 2. The molecule has 3 heteroatoms. The average molecular weight is 265 g/mol. The van der Waals surface area contributed by atoms with Crippen molar-refractivity contribution in [2.75, 3.05) is 14.2 Å². The van der Waals surface area contributed by atoms with Gasteiger partial charge in [0.15, 0.2) is 11.5 Å². The number of hydrogen-bond acceptors (Lipinski definition) is 3. The number of nitrogens with one attached hydrogen (secondary N) is 1. The molecule has 0 heterocycles. The summed E-state index contributed by atoms with van der Waals surface area (Å²) in [6, 6.07) is 6.59. The van der Waals surface area contributed by atoms with E-state index in [1.807, 2.05) is 12.1 Å². The lowest BCUT2D eigenvalue weighted by Crippen LogP contribution is -2.27. The Morgan fingerprint density at radius 3 is 2.37 bits per heavy atom. The second-order valence-corrected chi connectivity index (χ2v) is 5.22. The zero-order chi connectivity index (χ0) is 14.3. The first-order valence-electron chi connectivity index (χ1n) is 7.05. The van der Waals surface area contributed by atoms with Crippen LogP contribution >= 0.6 is 0 Å². The molecule has 1 rings (SSSR count). The van der Waals surface area contributed by atoms with E-state index in [0.29, 0.717) is 6.04 Å². The lowest BCUT2D eigenvalue weighted by Gasteiger charge is -2.18. The first-order chi connectivity index (χ1) is 9.10. The predicted molar refractivity (Wildman–Crippen MR) is 79.9 cm³/mol. The molecule has 0 saturated heterocycles. The molecule has 19 heavy (non-hydrogen) atoms. The Bertz CT molecular complexity index is 379. The van der Waals surface area contributed by atoms with Crippen molar-refractivity contribution in [1.82, 2.24) is 5.32 Å². The summed E-state index contributed by atoms with van der Waals surface area (Å²) in [4.78, 5) is 0. The van der Waals surface area contributed by atoms with Crippen LogP contribution in [-0.2, 0) is 6.54 Å². The predicted octanol–water partition coefficient (Wildman–Crippen LogP) is 3.62. The van der Waals surface area contributed by atoms with E-state index in [0.717, 1.165) is 24.0 Å². The van der Waals surface area contributed by atoms with Crippen LogP contribution in [0.5, 0.6) is 11.5 Å². The molecule has 108 valence electrons. The molecule has 0 radical (unpaired) electrons. The number of hydrogen-bond donors (Lipinski definition) is 1. The molecule has 0 amide bonds. The Morgan fingerprint density at radius 1 is 1.11 bits per heavy atom. The molecule has 1 aromatic rings. The minimum absolute atomic E-state index is 0.531. The first kappa shape index (κ1) is 15.8. The second kappa shape index (κ2) is 8.05. The van der Waals surface area contributed by atoms with Gasteiger partial charge in [0.2, 0.25) is 0 Å². The van der Waals surface area contributed by atoms with Crippen LogP contribution < -0.4 is 14.8 Å². The van der Waals surface area contributed by atoms with Gasteiger partial charge in [0.25, 0.3) is 0 Å². The third-order valence-corrected chi connectivity index (χ3v) is 3.56. The maximum Gasteiger partial charge on any atom is 0.161 e. The van der Waals surface area contributed by atoms with E-state index in [-0.39, 0.29) is 0 Å². The Kier molecular flexibility index (Phi) is 6.71. The van der Waals surface area contributed by atoms with Crippen LogP contribution in [0.1, 0.15) is 39.2 Å². The molecule has 0 bridgehead atoms. The van der Waals surface area contributed by atoms with Crippen molar-refractivity contribution >= 4 is 0 Å². The summed E-state index contributed by atoms with van der Waals surface area (Å²) in [5.74, 6) is 2.34. The van der Waals surface area contributed by atoms with E-state index >= 15 is 0 Å². The maximum atomic E-state index is 5.31. The summed E-state index contributed by atoms with van der Waals surface area (Å²) in [5.41, 5.74) is 1.22. The Hall–Kier alpha value is -1.22. The third kappa shape index (κ3) is 5.11. The highest BCUT2D eigenvalue weighted by atomic mass is 16.5. The number of methoxy groups -OCH3 is 2. The molecule has 2 atom stereocenters. The summed E-state index contributed by atoms with van der Waals surface area (Å²) in [7, 11) is 3.32. The van der Waals surface area contributed by atoms with Crippen LogP contribution in [0.4, 0.5) is 0 Å². The number of benzene rings is 1. The Morgan fingerprint density at radius 2 is 1.79 bits per heavy atom. The van der Waals surface area contributed by atoms with Crippen molar-refractivity contribution in [2.24, 2.45) is 5.92 Å². The van der Waals surface area contributed by atoms with Gasteiger partial charge < -0.3 is 14.8 Å². The Labute approximate surface area is 117 Å². The average Bonchev–Trinajstić information content (AvgIpc) is 2.44. The fourth-order valence-electron chi connectivity index (χ4n) is 2.14. The molecule has 0 aliphatic heterocycles. The lowest BCUT2D eigenvalue weighted by molar-refractivity contribution is 0.354. The van der Waals surface area contributed by atoms with Crippen LogP contribution in [0.25, 0.3) is 0 Å². The molecule has 0 fully saturated rings. The zero-order valence-corrected chi connectivity index (χ0v) is 12.8. The van der Waals surface area contributed by atoms with Gasteiger partial charge >= 0.3 is 0 Å². The van der Waals surface area contributed by atoms with E-state index < -0.39 is 0 Å². The fraction of sp³-hybridized carbons (Fsp3) is 0.625. The van der Waals surface area contributed by atoms with Crippen molar-refractivity contribution in [3.8, 4) is 11.5 Å². The summed E-state index contributed by atoms with van der Waals surface area (Å²) >= 11 is 0. The van der Waals surface area contributed by atoms with Gasteiger partial charge in [-0.1, -0.05) is 26.3 Å². The van der Waals surface area contributed by atoms with E-state index in [1.165, 1.54) is 18.4 Å². The maximum absolute atomic E-state index is 5.31. The van der Waals surface area contributed by atoms with Crippen molar-refractivity contribution in [1.29, 1.82) is 0 Å². The van der Waals surface area contributed by atoms with Gasteiger partial charge in [0.1, 0.15) is 0 Å². The topological polar surface area (TPSA) is 30.5 Å². The standard InChI is InChI=1S/C16H27NO2/c1-6-12(2)9-13(3)17-11-14-7-8-15(18-4)16(10-14)19-5/h7-8,10,12-13,17H,6,9,11H2,1-5H3. The van der Waals surface area contributed by atoms with Gasteiger partial charge in [0, 0.05) is 12.6 Å². The van der Waals surface area contributed by atoms with Crippen LogP contribution in [-0.4, -0.2) is 20.3 Å². The van der Waals surface area contributed by atoms with Crippen molar-refractivity contribution < 1.29 is 9.47 Å². The lowest BCUT2D eigenvalue weighted by atomic mass is 10.0. The van der Waals surface area contributed by atoms with E-state index in [1.54, 1.807) is 14.2 Å². The van der Waals surface area contributed by atoms with Crippen molar-refractivity contribution in [3.05, 3.63) is 23.8 Å². The minimum atomic E-state index is 0.531. The highest BCUT2D eigenvalue weighted by Crippen LogP contribution is 2.27. The van der Waals surface area contributed by atoms with E-state index in [9.17, 15) is 0 Å². The Balaban J connectivity index is 2.53. The molecule has 2 unspecified atom stereocenters. The molecular formula is C16H27NO2. The van der Waals surface area contributed by atoms with Crippen LogP contribution in [0.2, 0.25) is 0 Å². The SMILES string of the molecule is CCC(C)CC(C)NCc1ccc(OC)c(OC)c1. The van der Waals surface area contributed by atoms with Crippen LogP contribution in [0.3, 0.4) is 0 Å². The van der Waals surface area contributed by atoms with Gasteiger partial charge in [0.05, 0.1) is 14.2 Å². The molecule has 0 aromatic heterocycles. The fourth-order valence-corrected chi connectivity index (χ4v) is 2.14. The summed E-state index contributed by atoms with van der Waals surface area (Å²) in [5, 5.41) is 3.56. The minimum Gasteiger partial charge on any atom is -0.493 e. The molecule has 0 saturated carbocycles. The monoisotopic (exact) mass is 265 g/mol. The van der Waals surface area contributed by atoms with Crippen LogP contribution in [0, 0.1) is 5.92 Å². The van der Waals surface area contributed by atoms with E-state index in [4.69, 9.17) is 9.47 Å². The summed E-state index contributed by atoms with van der Waals surface area (Å²) in [6.45, 7) is 7.64. The van der Waals surface area contributed by atoms with E-state index in [2.05, 4.69) is 32.2 Å². The quantitative estimate of drug-likeness (QED) is 0.778. The van der Waals surface area contributed by atoms with Gasteiger partial charge in [-0.15, -0.1) is 0 Å². The van der Waals surface area contributed by atoms with Gasteiger partial charge in [-0.05, 0) is 37.0 Å². The first-order valence-corrected chi connectivity index (χ1v) is 7.05. The normalized spacial score (nSPS) is 13.9. The molecular weight excluding hydrogens is 238 g/mol. The molecule has 0 aliphatic rings.